The van der Waals surface area contributed by atoms with Gasteiger partial charge in [-0.3, -0.25) is 24.3 Å². The third-order valence-electron chi connectivity index (χ3n) is 4.99. The van der Waals surface area contributed by atoms with Gasteiger partial charge in [0.25, 0.3) is 11.5 Å². The zero-order valence-electron chi connectivity index (χ0n) is 16.9. The molecule has 3 aromatic rings. The van der Waals surface area contributed by atoms with E-state index >= 15 is 0 Å². The molecule has 0 atom stereocenters. The zero-order chi connectivity index (χ0) is 22.1. The Kier molecular flexibility index (Phi) is 5.09. The number of hydrogen-bond acceptors (Lipinski definition) is 4. The molecule has 0 fully saturated rings. The molecule has 0 aliphatic heterocycles. The van der Waals surface area contributed by atoms with Crippen molar-refractivity contribution in [3.05, 3.63) is 92.9 Å². The van der Waals surface area contributed by atoms with Crippen LogP contribution in [0.25, 0.3) is 17.7 Å². The molecular formula is C24H19N3O4. The minimum Gasteiger partial charge on any atom is -0.326 e. The van der Waals surface area contributed by atoms with Crippen molar-refractivity contribution in [2.45, 2.75) is 13.8 Å². The van der Waals surface area contributed by atoms with Gasteiger partial charge in [0.15, 0.2) is 5.78 Å². The van der Waals surface area contributed by atoms with E-state index in [1.807, 2.05) is 24.3 Å². The number of amides is 1. The Morgan fingerprint density at radius 2 is 1.71 bits per heavy atom. The van der Waals surface area contributed by atoms with Gasteiger partial charge in [-0.1, -0.05) is 30.3 Å². The molecule has 1 aliphatic rings. The second-order valence-electron chi connectivity index (χ2n) is 7.20. The van der Waals surface area contributed by atoms with Crippen molar-refractivity contribution in [1.82, 2.24) is 9.78 Å². The van der Waals surface area contributed by atoms with Gasteiger partial charge in [0.2, 0.25) is 5.91 Å². The van der Waals surface area contributed by atoms with Crippen molar-refractivity contribution >= 4 is 41.0 Å². The van der Waals surface area contributed by atoms with Crippen molar-refractivity contribution < 1.29 is 14.4 Å². The predicted molar refractivity (Wildman–Crippen MR) is 119 cm³/mol. The number of carbonyl (C=O) groups excluding carboxylic acids is 3. The quantitative estimate of drug-likeness (QED) is 0.644. The Balaban J connectivity index is 1.72. The molecule has 2 aromatic carbocycles. The molecule has 0 bridgehead atoms. The molecule has 31 heavy (non-hydrogen) atoms. The molecule has 7 heteroatoms. The average molecular weight is 413 g/mol. The third kappa shape index (κ3) is 3.81. The van der Waals surface area contributed by atoms with Gasteiger partial charge < -0.3 is 5.32 Å². The van der Waals surface area contributed by atoms with E-state index in [4.69, 9.17) is 0 Å². The van der Waals surface area contributed by atoms with Crippen LogP contribution in [-0.2, 0) is 9.59 Å². The average Bonchev–Trinajstić information content (AvgIpc) is 3.03. The molecule has 1 amide bonds. The van der Waals surface area contributed by atoms with Crippen molar-refractivity contribution in [3.63, 3.8) is 0 Å². The predicted octanol–water partition coefficient (Wildman–Crippen LogP) is 3.27. The highest BCUT2D eigenvalue weighted by atomic mass is 16.2. The van der Waals surface area contributed by atoms with Crippen LogP contribution in [-0.4, -0.2) is 27.4 Å². The first-order valence-corrected chi connectivity index (χ1v) is 9.62. The number of carbonyl (C=O) groups is 3. The number of aromatic amines is 1. The summed E-state index contributed by atoms with van der Waals surface area (Å²) >= 11 is 0. The second-order valence-corrected chi connectivity index (χ2v) is 7.20. The lowest BCUT2D eigenvalue weighted by atomic mass is 9.90. The van der Waals surface area contributed by atoms with E-state index in [0.717, 1.165) is 15.8 Å². The van der Waals surface area contributed by atoms with E-state index in [-0.39, 0.29) is 22.8 Å². The van der Waals surface area contributed by atoms with Gasteiger partial charge in [-0.05, 0) is 54.5 Å². The highest BCUT2D eigenvalue weighted by Gasteiger charge is 2.21. The van der Waals surface area contributed by atoms with Crippen LogP contribution in [0.1, 0.15) is 39.7 Å². The summed E-state index contributed by atoms with van der Waals surface area (Å²) < 4.78 is 0.921. The summed E-state index contributed by atoms with van der Waals surface area (Å²) in [6.07, 6.45) is 4.74. The van der Waals surface area contributed by atoms with Crippen molar-refractivity contribution in [3.8, 4) is 0 Å². The molecule has 1 aromatic heterocycles. The third-order valence-corrected chi connectivity index (χ3v) is 4.99. The lowest BCUT2D eigenvalue weighted by Gasteiger charge is -2.12. The minimum absolute atomic E-state index is 0.204. The number of H-pyrrole nitrogens is 1. The molecule has 0 saturated heterocycles. The summed E-state index contributed by atoms with van der Waals surface area (Å²) in [6.45, 7) is 3.06. The molecule has 0 unspecified atom stereocenters. The van der Waals surface area contributed by atoms with E-state index < -0.39 is 11.5 Å². The van der Waals surface area contributed by atoms with Crippen molar-refractivity contribution in [1.29, 1.82) is 0 Å². The Morgan fingerprint density at radius 3 is 2.42 bits per heavy atom. The Hall–Kier alpha value is -4.26. The Morgan fingerprint density at radius 1 is 1.00 bits per heavy atom. The molecule has 4 rings (SSSR count). The fourth-order valence-electron chi connectivity index (χ4n) is 3.47. The lowest BCUT2D eigenvalue weighted by Crippen LogP contribution is -2.26. The molecule has 7 nitrogen and oxygen atoms in total. The second kappa shape index (κ2) is 7.87. The van der Waals surface area contributed by atoms with E-state index in [1.54, 1.807) is 25.1 Å². The highest BCUT2D eigenvalue weighted by Crippen LogP contribution is 2.28. The van der Waals surface area contributed by atoms with Gasteiger partial charge in [0.1, 0.15) is 0 Å². The summed E-state index contributed by atoms with van der Waals surface area (Å²) in [5.74, 6) is -0.964. The topological polar surface area (TPSA) is 101 Å². The minimum atomic E-state index is -0.541. The maximum atomic E-state index is 13.0. The number of aromatic nitrogens is 2. The van der Waals surface area contributed by atoms with Crippen LogP contribution >= 0.6 is 0 Å². The first kappa shape index (κ1) is 20.0. The molecule has 1 heterocycles. The van der Waals surface area contributed by atoms with Crippen LogP contribution in [0.5, 0.6) is 0 Å². The van der Waals surface area contributed by atoms with Crippen LogP contribution in [0.3, 0.4) is 0 Å². The molecule has 1 aliphatic carbocycles. The Labute approximate surface area is 177 Å². The SMILES string of the molecule is CC(=O)Nc1ccc(C(=O)n2[nH]c(C)c(/C=C3\C(=O)C=Cc4ccccc43)c2=O)cc1. The van der Waals surface area contributed by atoms with Crippen LogP contribution in [0, 0.1) is 6.92 Å². The fraction of sp³-hybridized carbons (Fsp3) is 0.0833. The number of nitrogens with one attached hydrogen (secondary N) is 2. The number of nitrogens with zero attached hydrogens (tertiary/aromatic N) is 1. The van der Waals surface area contributed by atoms with Gasteiger partial charge >= 0.3 is 0 Å². The Bertz CT molecular complexity index is 1340. The summed E-state index contributed by atoms with van der Waals surface area (Å²) in [5.41, 5.74) is 3.03. The largest absolute Gasteiger partial charge is 0.326 e. The molecule has 2 N–H and O–H groups in total. The van der Waals surface area contributed by atoms with Gasteiger partial charge in [-0.25, -0.2) is 0 Å². The number of allylic oxidation sites excluding steroid dienone is 2. The molecule has 0 radical (unpaired) electrons. The summed E-state index contributed by atoms with van der Waals surface area (Å²) in [5, 5.41) is 5.42. The van der Waals surface area contributed by atoms with Crippen molar-refractivity contribution in [2.75, 3.05) is 5.32 Å². The molecule has 0 saturated carbocycles. The van der Waals surface area contributed by atoms with Gasteiger partial charge in [-0.15, -0.1) is 0 Å². The number of rotatable bonds is 3. The number of hydrogen-bond donors (Lipinski definition) is 2. The van der Waals surface area contributed by atoms with Gasteiger partial charge in [0, 0.05) is 29.4 Å². The summed E-state index contributed by atoms with van der Waals surface area (Å²) in [4.78, 5) is 49.5. The fourth-order valence-corrected chi connectivity index (χ4v) is 3.47. The van der Waals surface area contributed by atoms with Crippen LogP contribution < -0.4 is 10.9 Å². The van der Waals surface area contributed by atoms with E-state index in [0.29, 0.717) is 17.0 Å². The maximum absolute atomic E-state index is 13.0. The first-order valence-electron chi connectivity index (χ1n) is 9.62. The monoisotopic (exact) mass is 413 g/mol. The number of aryl methyl sites for hydroxylation is 1. The zero-order valence-corrected chi connectivity index (χ0v) is 16.9. The van der Waals surface area contributed by atoms with Crippen LogP contribution in [0.4, 0.5) is 5.69 Å². The van der Waals surface area contributed by atoms with Crippen molar-refractivity contribution in [2.24, 2.45) is 0 Å². The van der Waals surface area contributed by atoms with Gasteiger partial charge in [-0.2, -0.15) is 4.68 Å². The molecule has 154 valence electrons. The summed E-state index contributed by atoms with van der Waals surface area (Å²) in [7, 11) is 0. The van der Waals surface area contributed by atoms with Crippen LogP contribution in [0.15, 0.2) is 59.4 Å². The van der Waals surface area contributed by atoms with E-state index in [1.165, 1.54) is 31.2 Å². The molecule has 0 spiro atoms. The highest BCUT2D eigenvalue weighted by molar-refractivity contribution is 6.33. The number of anilines is 1. The number of benzene rings is 2. The van der Waals surface area contributed by atoms with E-state index in [2.05, 4.69) is 10.4 Å². The number of fused-ring (bicyclic) bond motifs is 1. The van der Waals surface area contributed by atoms with Crippen LogP contribution in [0.2, 0.25) is 0 Å². The lowest BCUT2D eigenvalue weighted by molar-refractivity contribution is -0.114. The first-order chi connectivity index (χ1) is 14.8. The molecular weight excluding hydrogens is 394 g/mol. The normalized spacial score (nSPS) is 13.9. The van der Waals surface area contributed by atoms with E-state index in [9.17, 15) is 19.2 Å². The smallest absolute Gasteiger partial charge is 0.281 e. The summed E-state index contributed by atoms with van der Waals surface area (Å²) in [6, 6.07) is 13.6. The maximum Gasteiger partial charge on any atom is 0.281 e. The van der Waals surface area contributed by atoms with Gasteiger partial charge in [0.05, 0.1) is 5.56 Å². The standard InChI is InChI=1S/C24H19N3O4/c1-14-20(13-21-19-6-4-3-5-16(19)9-12-22(21)29)24(31)27(26-14)23(30)17-7-10-18(11-8-17)25-15(2)28/h3-13,26H,1-2H3,(H,25,28)/b21-13-. The number of ketones is 1.